The predicted octanol–water partition coefficient (Wildman–Crippen LogP) is 5.06. The summed E-state index contributed by atoms with van der Waals surface area (Å²) in [7, 11) is -4.47. The van der Waals surface area contributed by atoms with E-state index in [1.807, 2.05) is 4.57 Å². The summed E-state index contributed by atoms with van der Waals surface area (Å²) < 4.78 is 80.6. The van der Waals surface area contributed by atoms with Gasteiger partial charge in [0.25, 0.3) is 0 Å². The molecule has 0 saturated heterocycles. The van der Waals surface area contributed by atoms with Crippen LogP contribution in [0.5, 0.6) is 0 Å². The first kappa shape index (κ1) is 23.2. The van der Waals surface area contributed by atoms with Gasteiger partial charge in [-0.3, -0.25) is 4.98 Å². The summed E-state index contributed by atoms with van der Waals surface area (Å²) in [4.78, 5) is 3.74. The predicted molar refractivity (Wildman–Crippen MR) is 113 cm³/mol. The lowest BCUT2D eigenvalue weighted by Crippen LogP contribution is -2.42. The fourth-order valence-electron chi connectivity index (χ4n) is 4.24. The molecule has 2 heterocycles. The second-order valence-corrected chi connectivity index (χ2v) is 9.78. The number of pyridine rings is 1. The van der Waals surface area contributed by atoms with Gasteiger partial charge in [-0.1, -0.05) is 12.8 Å². The third kappa shape index (κ3) is 4.32. The highest BCUT2D eigenvalue weighted by Gasteiger charge is 2.39. The molecule has 0 radical (unpaired) electrons. The molecular formula is C22H20F4N4O2S. The minimum absolute atomic E-state index is 0.0644. The maximum Gasteiger partial charge on any atom is 0.404 e. The number of fused-ring (bicyclic) bond motifs is 1. The van der Waals surface area contributed by atoms with Crippen molar-refractivity contribution in [3.8, 4) is 17.5 Å². The fraction of sp³-hybridized carbons (Fsp3) is 0.364. The van der Waals surface area contributed by atoms with Crippen molar-refractivity contribution in [2.75, 3.05) is 0 Å². The Morgan fingerprint density at radius 1 is 1.21 bits per heavy atom. The van der Waals surface area contributed by atoms with Crippen LogP contribution in [0, 0.1) is 17.1 Å². The van der Waals surface area contributed by atoms with Crippen LogP contribution in [-0.2, 0) is 10.0 Å². The average molecular weight is 480 g/mol. The van der Waals surface area contributed by atoms with Gasteiger partial charge in [0.15, 0.2) is 0 Å². The lowest BCUT2D eigenvalue weighted by Gasteiger charge is -2.18. The second kappa shape index (κ2) is 8.43. The summed E-state index contributed by atoms with van der Waals surface area (Å²) in [5.41, 5.74) is 1.60. The van der Waals surface area contributed by atoms with E-state index in [1.54, 1.807) is 10.8 Å². The van der Waals surface area contributed by atoms with Gasteiger partial charge in [-0.2, -0.15) is 23.2 Å². The topological polar surface area (TPSA) is 87.8 Å². The molecule has 3 aromatic rings. The number of hydrogen-bond donors (Lipinski definition) is 1. The van der Waals surface area contributed by atoms with Crippen molar-refractivity contribution in [1.29, 1.82) is 5.26 Å². The molecule has 11 heteroatoms. The molecule has 1 fully saturated rings. The number of nitrogens with one attached hydrogen (secondary N) is 1. The number of rotatable bonds is 5. The minimum atomic E-state index is -4.74. The monoisotopic (exact) mass is 480 g/mol. The summed E-state index contributed by atoms with van der Waals surface area (Å²) in [5, 5.41) is 10.3. The van der Waals surface area contributed by atoms with Gasteiger partial charge in [0, 0.05) is 17.6 Å². The zero-order chi connectivity index (χ0) is 24.0. The molecule has 33 heavy (non-hydrogen) atoms. The highest BCUT2D eigenvalue weighted by atomic mass is 32.2. The molecule has 1 atom stereocenters. The first-order valence-electron chi connectivity index (χ1n) is 10.3. The largest absolute Gasteiger partial charge is 0.404 e. The average Bonchev–Trinajstić information content (AvgIpc) is 3.38. The van der Waals surface area contributed by atoms with Crippen LogP contribution in [0.25, 0.3) is 22.3 Å². The third-order valence-corrected chi connectivity index (χ3v) is 7.40. The van der Waals surface area contributed by atoms with Gasteiger partial charge in [-0.15, -0.1) is 0 Å². The van der Waals surface area contributed by atoms with Crippen molar-refractivity contribution < 1.29 is 26.0 Å². The Kier molecular flexibility index (Phi) is 5.92. The summed E-state index contributed by atoms with van der Waals surface area (Å²) in [6.07, 6.45) is -0.0463. The van der Waals surface area contributed by atoms with Crippen molar-refractivity contribution in [2.24, 2.45) is 0 Å². The van der Waals surface area contributed by atoms with Gasteiger partial charge in [-0.05, 0) is 50.1 Å². The summed E-state index contributed by atoms with van der Waals surface area (Å²) in [5.74, 6) is -0.492. The molecule has 0 spiro atoms. The van der Waals surface area contributed by atoms with Crippen molar-refractivity contribution in [1.82, 2.24) is 14.3 Å². The Labute approximate surface area is 187 Å². The molecule has 1 saturated carbocycles. The number of halogens is 4. The van der Waals surface area contributed by atoms with Crippen molar-refractivity contribution >= 4 is 20.9 Å². The van der Waals surface area contributed by atoms with Gasteiger partial charge in [0.05, 0.1) is 22.5 Å². The maximum atomic E-state index is 14.0. The van der Waals surface area contributed by atoms with Gasteiger partial charge in [-0.25, -0.2) is 12.8 Å². The normalized spacial score (nSPS) is 16.2. The molecule has 0 amide bonds. The number of nitriles is 1. The van der Waals surface area contributed by atoms with E-state index in [-0.39, 0.29) is 17.3 Å². The lowest BCUT2D eigenvalue weighted by molar-refractivity contribution is -0.147. The number of benzene rings is 1. The van der Waals surface area contributed by atoms with E-state index in [0.29, 0.717) is 23.5 Å². The van der Waals surface area contributed by atoms with E-state index >= 15 is 0 Å². The lowest BCUT2D eigenvalue weighted by atomic mass is 10.1. The van der Waals surface area contributed by atoms with Crippen molar-refractivity contribution in [3.63, 3.8) is 0 Å². The van der Waals surface area contributed by atoms with E-state index in [4.69, 9.17) is 0 Å². The molecule has 1 aliphatic rings. The standard InChI is InChI=1S/C22H20F4N4O2S/c1-13(22(24,25)26)29-33(31,32)16-7-8-19(28-12-16)21-18(11-27)17-10-14(23)6-9-20(17)30(21)15-4-2-3-5-15/h6-10,12-13,15,29H,2-5H2,1H3/t13-/m1/s1. The summed E-state index contributed by atoms with van der Waals surface area (Å²) in [6.45, 7) is 0.706. The van der Waals surface area contributed by atoms with Crippen LogP contribution in [0.1, 0.15) is 44.2 Å². The Balaban J connectivity index is 1.81. The molecule has 1 aliphatic carbocycles. The number of alkyl halides is 3. The molecule has 6 nitrogen and oxygen atoms in total. The first-order chi connectivity index (χ1) is 15.5. The van der Waals surface area contributed by atoms with Crippen LogP contribution in [0.2, 0.25) is 0 Å². The molecule has 0 unspecified atom stereocenters. The Morgan fingerprint density at radius 2 is 1.91 bits per heavy atom. The molecule has 0 bridgehead atoms. The van der Waals surface area contributed by atoms with Gasteiger partial charge < -0.3 is 4.57 Å². The molecule has 1 N–H and O–H groups in total. The minimum Gasteiger partial charge on any atom is -0.335 e. The Bertz CT molecular complexity index is 1340. The van der Waals surface area contributed by atoms with Crippen LogP contribution in [0.3, 0.4) is 0 Å². The zero-order valence-electron chi connectivity index (χ0n) is 17.5. The molecule has 2 aromatic heterocycles. The molecule has 0 aliphatic heterocycles. The Morgan fingerprint density at radius 3 is 2.48 bits per heavy atom. The molecule has 1 aromatic carbocycles. The van der Waals surface area contributed by atoms with Gasteiger partial charge >= 0.3 is 6.18 Å². The van der Waals surface area contributed by atoms with Crippen LogP contribution in [0.15, 0.2) is 41.4 Å². The van der Waals surface area contributed by atoms with Crippen LogP contribution < -0.4 is 4.72 Å². The van der Waals surface area contributed by atoms with Crippen molar-refractivity contribution in [2.45, 2.75) is 55.8 Å². The molecular weight excluding hydrogens is 460 g/mol. The quantitative estimate of drug-likeness (QED) is 0.517. The summed E-state index contributed by atoms with van der Waals surface area (Å²) >= 11 is 0. The van der Waals surface area contributed by atoms with E-state index in [0.717, 1.165) is 37.9 Å². The van der Waals surface area contributed by atoms with Crippen LogP contribution in [0.4, 0.5) is 17.6 Å². The third-order valence-electron chi connectivity index (χ3n) is 5.88. The van der Waals surface area contributed by atoms with E-state index in [1.165, 1.54) is 18.2 Å². The fourth-order valence-corrected chi connectivity index (χ4v) is 5.41. The molecule has 4 rings (SSSR count). The smallest absolute Gasteiger partial charge is 0.335 e. The summed E-state index contributed by atoms with van der Waals surface area (Å²) in [6, 6.07) is 6.60. The highest BCUT2D eigenvalue weighted by molar-refractivity contribution is 7.89. The van der Waals surface area contributed by atoms with Crippen molar-refractivity contribution in [3.05, 3.63) is 47.9 Å². The molecule has 174 valence electrons. The SMILES string of the molecule is C[C@@H](NS(=O)(=O)c1ccc(-c2c(C#N)c3cc(F)ccc3n2C2CCCC2)nc1)C(F)(F)F. The second-order valence-electron chi connectivity index (χ2n) is 8.07. The highest BCUT2D eigenvalue weighted by Crippen LogP contribution is 2.41. The zero-order valence-corrected chi connectivity index (χ0v) is 18.3. The van der Waals surface area contributed by atoms with Crippen LogP contribution >= 0.6 is 0 Å². The number of hydrogen-bond acceptors (Lipinski definition) is 4. The van der Waals surface area contributed by atoms with Gasteiger partial charge in [0.1, 0.15) is 22.8 Å². The van der Waals surface area contributed by atoms with E-state index < -0.39 is 33.0 Å². The van der Waals surface area contributed by atoms with E-state index in [2.05, 4.69) is 11.1 Å². The number of nitrogens with zero attached hydrogens (tertiary/aromatic N) is 3. The van der Waals surface area contributed by atoms with Crippen LogP contribution in [-0.4, -0.2) is 30.2 Å². The maximum absolute atomic E-state index is 14.0. The number of aromatic nitrogens is 2. The Hall–Kier alpha value is -2.97. The van der Waals surface area contributed by atoms with Gasteiger partial charge in [0.2, 0.25) is 10.0 Å². The van der Waals surface area contributed by atoms with E-state index in [9.17, 15) is 31.2 Å². The first-order valence-corrected chi connectivity index (χ1v) is 11.8. The number of sulfonamides is 1.